The second-order valence-corrected chi connectivity index (χ2v) is 6.84. The van der Waals surface area contributed by atoms with Crippen molar-refractivity contribution in [3.63, 3.8) is 0 Å². The van der Waals surface area contributed by atoms with Crippen LogP contribution in [0.15, 0.2) is 24.3 Å². The van der Waals surface area contributed by atoms with E-state index in [-0.39, 0.29) is 5.91 Å². The van der Waals surface area contributed by atoms with Gasteiger partial charge in [0.05, 0.1) is 6.61 Å². The maximum absolute atomic E-state index is 12.1. The van der Waals surface area contributed by atoms with Gasteiger partial charge in [0.15, 0.2) is 0 Å². The van der Waals surface area contributed by atoms with Gasteiger partial charge in [0.1, 0.15) is 5.75 Å². The summed E-state index contributed by atoms with van der Waals surface area (Å²) >= 11 is 0. The van der Waals surface area contributed by atoms with Crippen molar-refractivity contribution in [2.75, 3.05) is 25.0 Å². The number of benzene rings is 1. The molecule has 0 aliphatic carbocycles. The Kier molecular flexibility index (Phi) is 7.40. The van der Waals surface area contributed by atoms with Gasteiger partial charge in [-0.25, -0.2) is 0 Å². The predicted molar refractivity (Wildman–Crippen MR) is 94.8 cm³/mol. The molecule has 0 spiro atoms. The number of hydrogen-bond acceptors (Lipinski definition) is 3. The zero-order chi connectivity index (χ0) is 16.5. The Labute approximate surface area is 140 Å². The summed E-state index contributed by atoms with van der Waals surface area (Å²) in [4.78, 5) is 12.1. The molecule has 0 unspecified atom stereocenters. The second-order valence-electron chi connectivity index (χ2n) is 6.84. The largest absolute Gasteiger partial charge is 0.494 e. The minimum Gasteiger partial charge on any atom is -0.494 e. The van der Waals surface area contributed by atoms with Crippen molar-refractivity contribution in [1.82, 2.24) is 5.32 Å². The van der Waals surface area contributed by atoms with E-state index < -0.39 is 0 Å². The van der Waals surface area contributed by atoms with Crippen LogP contribution < -0.4 is 15.4 Å². The molecule has 2 N–H and O–H groups in total. The van der Waals surface area contributed by atoms with Gasteiger partial charge in [-0.2, -0.15) is 0 Å². The zero-order valence-electron chi connectivity index (χ0n) is 14.4. The average Bonchev–Trinajstić information content (AvgIpc) is 2.54. The molecule has 1 aliphatic heterocycles. The van der Waals surface area contributed by atoms with Gasteiger partial charge in [-0.1, -0.05) is 19.9 Å². The first-order chi connectivity index (χ1) is 11.1. The van der Waals surface area contributed by atoms with E-state index in [1.807, 2.05) is 24.3 Å². The monoisotopic (exact) mass is 318 g/mol. The normalized spacial score (nSPS) is 15.6. The summed E-state index contributed by atoms with van der Waals surface area (Å²) in [5.41, 5.74) is 0.822. The first-order valence-electron chi connectivity index (χ1n) is 8.87. The lowest BCUT2D eigenvalue weighted by Crippen LogP contribution is -2.28. The Balaban J connectivity index is 1.74. The van der Waals surface area contributed by atoms with Crippen LogP contribution in [0.4, 0.5) is 5.69 Å². The third kappa shape index (κ3) is 7.04. The second kappa shape index (κ2) is 9.56. The number of piperidine rings is 1. The molecule has 2 rings (SSSR count). The van der Waals surface area contributed by atoms with Gasteiger partial charge < -0.3 is 15.4 Å². The maximum atomic E-state index is 12.1. The van der Waals surface area contributed by atoms with Crippen molar-refractivity contribution in [2.45, 2.75) is 46.0 Å². The SMILES string of the molecule is CC(C)CCOc1cccc(NC(=O)CCC2CCNCC2)c1. The Morgan fingerprint density at radius 1 is 1.35 bits per heavy atom. The third-order valence-corrected chi connectivity index (χ3v) is 4.32. The highest BCUT2D eigenvalue weighted by Crippen LogP contribution is 2.20. The highest BCUT2D eigenvalue weighted by atomic mass is 16.5. The molecule has 0 aromatic heterocycles. The summed E-state index contributed by atoms with van der Waals surface area (Å²) in [5.74, 6) is 2.24. The van der Waals surface area contributed by atoms with E-state index in [2.05, 4.69) is 24.5 Å². The highest BCUT2D eigenvalue weighted by Gasteiger charge is 2.14. The Morgan fingerprint density at radius 3 is 2.87 bits per heavy atom. The summed E-state index contributed by atoms with van der Waals surface area (Å²) < 4.78 is 5.74. The molecule has 0 radical (unpaired) electrons. The van der Waals surface area contributed by atoms with Crippen LogP contribution in [0.2, 0.25) is 0 Å². The summed E-state index contributed by atoms with van der Waals surface area (Å²) in [6.07, 6.45) is 4.99. The van der Waals surface area contributed by atoms with Crippen molar-refractivity contribution < 1.29 is 9.53 Å². The first-order valence-corrected chi connectivity index (χ1v) is 8.87. The predicted octanol–water partition coefficient (Wildman–Crippen LogP) is 3.83. The molecule has 1 fully saturated rings. The van der Waals surface area contributed by atoms with E-state index in [4.69, 9.17) is 4.74 Å². The molecule has 1 aromatic carbocycles. The molecule has 1 amide bonds. The molecule has 23 heavy (non-hydrogen) atoms. The minimum absolute atomic E-state index is 0.0999. The van der Waals surface area contributed by atoms with Gasteiger partial charge in [-0.05, 0) is 62.7 Å². The Hall–Kier alpha value is -1.55. The van der Waals surface area contributed by atoms with Crippen molar-refractivity contribution in [3.05, 3.63) is 24.3 Å². The lowest BCUT2D eigenvalue weighted by molar-refractivity contribution is -0.116. The van der Waals surface area contributed by atoms with Crippen LogP contribution in [0.3, 0.4) is 0 Å². The van der Waals surface area contributed by atoms with E-state index in [9.17, 15) is 4.79 Å². The van der Waals surface area contributed by atoms with Gasteiger partial charge >= 0.3 is 0 Å². The Bertz CT molecular complexity index is 482. The molecular formula is C19H30N2O2. The van der Waals surface area contributed by atoms with Gasteiger partial charge in [0.2, 0.25) is 5.91 Å². The standard InChI is InChI=1S/C19H30N2O2/c1-15(2)10-13-23-18-5-3-4-17(14-18)21-19(22)7-6-16-8-11-20-12-9-16/h3-5,14-16,20H,6-13H2,1-2H3,(H,21,22). The van der Waals surface area contributed by atoms with Gasteiger partial charge in [-0.15, -0.1) is 0 Å². The number of anilines is 1. The molecule has 1 saturated heterocycles. The number of carbonyl (C=O) groups is 1. The number of hydrogen-bond donors (Lipinski definition) is 2. The Morgan fingerprint density at radius 2 is 2.13 bits per heavy atom. The first kappa shape index (κ1) is 17.8. The van der Waals surface area contributed by atoms with Crippen molar-refractivity contribution in [2.24, 2.45) is 11.8 Å². The topological polar surface area (TPSA) is 50.4 Å². The molecule has 4 heteroatoms. The molecule has 1 heterocycles. The molecule has 4 nitrogen and oxygen atoms in total. The van der Waals surface area contributed by atoms with Crippen LogP contribution in [0.5, 0.6) is 5.75 Å². The third-order valence-electron chi connectivity index (χ3n) is 4.32. The molecular weight excluding hydrogens is 288 g/mol. The van der Waals surface area contributed by atoms with Gasteiger partial charge in [0.25, 0.3) is 0 Å². The van der Waals surface area contributed by atoms with Gasteiger partial charge in [0, 0.05) is 18.2 Å². The quantitative estimate of drug-likeness (QED) is 0.766. The van der Waals surface area contributed by atoms with E-state index in [0.29, 0.717) is 24.9 Å². The van der Waals surface area contributed by atoms with Crippen LogP contribution in [0.25, 0.3) is 0 Å². The fraction of sp³-hybridized carbons (Fsp3) is 0.632. The number of nitrogens with one attached hydrogen (secondary N) is 2. The summed E-state index contributed by atoms with van der Waals surface area (Å²) in [5, 5.41) is 6.34. The fourth-order valence-electron chi connectivity index (χ4n) is 2.81. The van der Waals surface area contributed by atoms with Crippen LogP contribution in [0, 0.1) is 11.8 Å². The maximum Gasteiger partial charge on any atom is 0.224 e. The van der Waals surface area contributed by atoms with E-state index in [0.717, 1.165) is 37.4 Å². The van der Waals surface area contributed by atoms with Crippen molar-refractivity contribution in [1.29, 1.82) is 0 Å². The number of ether oxygens (including phenoxy) is 1. The molecule has 1 aromatic rings. The molecule has 0 bridgehead atoms. The van der Waals surface area contributed by atoms with Crippen molar-refractivity contribution in [3.8, 4) is 5.75 Å². The highest BCUT2D eigenvalue weighted by molar-refractivity contribution is 5.90. The van der Waals surface area contributed by atoms with E-state index >= 15 is 0 Å². The smallest absolute Gasteiger partial charge is 0.224 e. The van der Waals surface area contributed by atoms with E-state index in [1.54, 1.807) is 0 Å². The van der Waals surface area contributed by atoms with Crippen LogP contribution in [0.1, 0.15) is 46.0 Å². The molecule has 0 atom stereocenters. The summed E-state index contributed by atoms with van der Waals surface area (Å²) in [6.45, 7) is 7.25. The lowest BCUT2D eigenvalue weighted by atomic mass is 9.93. The number of rotatable bonds is 8. The minimum atomic E-state index is 0.0999. The van der Waals surface area contributed by atoms with Crippen LogP contribution in [-0.2, 0) is 4.79 Å². The molecule has 128 valence electrons. The van der Waals surface area contributed by atoms with E-state index in [1.165, 1.54) is 12.8 Å². The molecule has 1 aliphatic rings. The van der Waals surface area contributed by atoms with Crippen molar-refractivity contribution >= 4 is 11.6 Å². The summed E-state index contributed by atoms with van der Waals surface area (Å²) in [7, 11) is 0. The number of amides is 1. The van der Waals surface area contributed by atoms with Crippen LogP contribution in [-0.4, -0.2) is 25.6 Å². The van der Waals surface area contributed by atoms with Crippen LogP contribution >= 0.6 is 0 Å². The zero-order valence-corrected chi connectivity index (χ0v) is 14.4. The fourth-order valence-corrected chi connectivity index (χ4v) is 2.81. The molecule has 0 saturated carbocycles. The summed E-state index contributed by atoms with van der Waals surface area (Å²) in [6, 6.07) is 7.68. The average molecular weight is 318 g/mol. The lowest BCUT2D eigenvalue weighted by Gasteiger charge is -2.22. The van der Waals surface area contributed by atoms with Gasteiger partial charge in [-0.3, -0.25) is 4.79 Å². The number of carbonyl (C=O) groups excluding carboxylic acids is 1.